The van der Waals surface area contributed by atoms with Crippen LogP contribution in [0.5, 0.6) is 5.75 Å². The van der Waals surface area contributed by atoms with Crippen LogP contribution in [0.25, 0.3) is 0 Å². The number of anilines is 3. The van der Waals surface area contributed by atoms with Crippen molar-refractivity contribution in [2.75, 3.05) is 10.6 Å². The molecule has 0 radical (unpaired) electrons. The van der Waals surface area contributed by atoms with Gasteiger partial charge in [-0.25, -0.2) is 9.37 Å². The third kappa shape index (κ3) is 5.19. The summed E-state index contributed by atoms with van der Waals surface area (Å²) in [5.74, 6) is -1.29. The van der Waals surface area contributed by atoms with Crippen molar-refractivity contribution in [2.45, 2.75) is 13.3 Å². The zero-order chi connectivity index (χ0) is 20.3. The van der Waals surface area contributed by atoms with Gasteiger partial charge in [-0.3, -0.25) is 4.79 Å². The highest BCUT2D eigenvalue weighted by Gasteiger charge is 2.30. The summed E-state index contributed by atoms with van der Waals surface area (Å²) in [5, 5.41) is 7.30. The number of ether oxygens (including phenoxy) is 1. The van der Waals surface area contributed by atoms with E-state index in [1.54, 1.807) is 19.1 Å². The fourth-order valence-corrected chi connectivity index (χ4v) is 2.88. The molecule has 1 aromatic heterocycles. The van der Waals surface area contributed by atoms with Gasteiger partial charge >= 0.3 is 6.36 Å². The van der Waals surface area contributed by atoms with E-state index in [4.69, 9.17) is 0 Å². The average Bonchev–Trinajstić information content (AvgIpc) is 3.07. The lowest BCUT2D eigenvalue weighted by atomic mass is 10.2. The van der Waals surface area contributed by atoms with Crippen molar-refractivity contribution < 1.29 is 27.1 Å². The SMILES string of the molecule is Cc1ccc(NC(=O)c2csc(Nc3ccc(OC(F)(F)F)cc3)n2)cc1F. The summed E-state index contributed by atoms with van der Waals surface area (Å²) in [6.07, 6.45) is -4.76. The molecule has 10 heteroatoms. The molecule has 146 valence electrons. The molecule has 5 nitrogen and oxygen atoms in total. The Hall–Kier alpha value is -3.14. The lowest BCUT2D eigenvalue weighted by Gasteiger charge is -2.09. The summed E-state index contributed by atoms with van der Waals surface area (Å²) < 4.78 is 53.8. The minimum Gasteiger partial charge on any atom is -0.406 e. The summed E-state index contributed by atoms with van der Waals surface area (Å²) in [6, 6.07) is 9.42. The number of amides is 1. The molecular weight excluding hydrogens is 398 g/mol. The molecule has 0 aliphatic heterocycles. The fraction of sp³-hybridized carbons (Fsp3) is 0.111. The Labute approximate surface area is 161 Å². The first kappa shape index (κ1) is 19.6. The van der Waals surface area contributed by atoms with E-state index in [1.165, 1.54) is 23.6 Å². The number of halogens is 4. The molecule has 2 aromatic carbocycles. The van der Waals surface area contributed by atoms with Crippen LogP contribution in [-0.2, 0) is 0 Å². The van der Waals surface area contributed by atoms with Crippen LogP contribution in [0.1, 0.15) is 16.1 Å². The number of hydrogen-bond donors (Lipinski definition) is 2. The van der Waals surface area contributed by atoms with E-state index in [9.17, 15) is 22.4 Å². The zero-order valence-electron chi connectivity index (χ0n) is 14.3. The molecule has 0 fully saturated rings. The van der Waals surface area contributed by atoms with Gasteiger partial charge in [0.1, 0.15) is 17.3 Å². The number of hydrogen-bond acceptors (Lipinski definition) is 5. The molecule has 0 atom stereocenters. The second kappa shape index (κ2) is 7.85. The number of aromatic nitrogens is 1. The van der Waals surface area contributed by atoms with Crippen LogP contribution in [0.2, 0.25) is 0 Å². The molecular formula is C18H13F4N3O2S. The Bertz CT molecular complexity index is 987. The second-order valence-electron chi connectivity index (χ2n) is 5.65. The first-order chi connectivity index (χ1) is 13.2. The van der Waals surface area contributed by atoms with Crippen LogP contribution in [0.3, 0.4) is 0 Å². The fourth-order valence-electron chi connectivity index (χ4n) is 2.16. The third-order valence-electron chi connectivity index (χ3n) is 3.51. The van der Waals surface area contributed by atoms with Crippen molar-refractivity contribution in [1.82, 2.24) is 4.98 Å². The normalized spacial score (nSPS) is 11.2. The predicted molar refractivity (Wildman–Crippen MR) is 97.6 cm³/mol. The topological polar surface area (TPSA) is 63.2 Å². The molecule has 3 rings (SSSR count). The lowest BCUT2D eigenvalue weighted by Crippen LogP contribution is -2.16. The standard InChI is InChI=1S/C18H13F4N3O2S/c1-10-2-3-12(8-14(10)19)23-16(26)15-9-28-17(25-15)24-11-4-6-13(7-5-11)27-18(20,21)22/h2-9H,1H3,(H,23,26)(H,24,25). The van der Waals surface area contributed by atoms with E-state index in [1.807, 2.05) is 0 Å². The molecule has 0 saturated carbocycles. The molecule has 0 aliphatic rings. The van der Waals surface area contributed by atoms with Gasteiger partial charge in [0.25, 0.3) is 5.91 Å². The van der Waals surface area contributed by atoms with Gasteiger partial charge < -0.3 is 15.4 Å². The first-order valence-electron chi connectivity index (χ1n) is 7.85. The van der Waals surface area contributed by atoms with Crippen LogP contribution in [-0.4, -0.2) is 17.3 Å². The highest BCUT2D eigenvalue weighted by atomic mass is 32.1. The summed E-state index contributed by atoms with van der Waals surface area (Å²) in [6.45, 7) is 1.61. The van der Waals surface area contributed by atoms with E-state index in [0.717, 1.165) is 23.5 Å². The van der Waals surface area contributed by atoms with E-state index in [2.05, 4.69) is 20.4 Å². The van der Waals surface area contributed by atoms with Crippen molar-refractivity contribution in [2.24, 2.45) is 0 Å². The number of nitrogens with zero attached hydrogens (tertiary/aromatic N) is 1. The number of rotatable bonds is 5. The summed E-state index contributed by atoms with van der Waals surface area (Å²) in [4.78, 5) is 16.3. The Morgan fingerprint density at radius 2 is 1.79 bits per heavy atom. The third-order valence-corrected chi connectivity index (χ3v) is 4.26. The van der Waals surface area contributed by atoms with E-state index < -0.39 is 18.1 Å². The van der Waals surface area contributed by atoms with Gasteiger partial charge in [0.05, 0.1) is 0 Å². The van der Waals surface area contributed by atoms with E-state index in [0.29, 0.717) is 22.1 Å². The average molecular weight is 411 g/mol. The van der Waals surface area contributed by atoms with Gasteiger partial charge in [-0.15, -0.1) is 24.5 Å². The highest BCUT2D eigenvalue weighted by Crippen LogP contribution is 2.26. The quantitative estimate of drug-likeness (QED) is 0.546. The van der Waals surface area contributed by atoms with Gasteiger partial charge in [0.2, 0.25) is 0 Å². The van der Waals surface area contributed by atoms with Crippen LogP contribution < -0.4 is 15.4 Å². The predicted octanol–water partition coefficient (Wildman–Crippen LogP) is 5.49. The Balaban J connectivity index is 1.63. The maximum Gasteiger partial charge on any atom is 0.573 e. The molecule has 3 aromatic rings. The van der Waals surface area contributed by atoms with Gasteiger partial charge in [-0.2, -0.15) is 0 Å². The number of thiazole rings is 1. The second-order valence-corrected chi connectivity index (χ2v) is 6.51. The van der Waals surface area contributed by atoms with Gasteiger partial charge in [-0.05, 0) is 48.9 Å². The first-order valence-corrected chi connectivity index (χ1v) is 8.73. The molecule has 1 amide bonds. The maximum absolute atomic E-state index is 13.6. The summed E-state index contributed by atoms with van der Waals surface area (Å²) in [5.41, 5.74) is 1.35. The minimum atomic E-state index is -4.76. The molecule has 0 bridgehead atoms. The highest BCUT2D eigenvalue weighted by molar-refractivity contribution is 7.14. The maximum atomic E-state index is 13.6. The number of aryl methyl sites for hydroxylation is 1. The van der Waals surface area contributed by atoms with Crippen LogP contribution >= 0.6 is 11.3 Å². The Kier molecular flexibility index (Phi) is 5.50. The van der Waals surface area contributed by atoms with Gasteiger partial charge in [0.15, 0.2) is 5.13 Å². The number of alkyl halides is 3. The van der Waals surface area contributed by atoms with Crippen LogP contribution in [0.4, 0.5) is 34.1 Å². The Morgan fingerprint density at radius 1 is 1.11 bits per heavy atom. The smallest absolute Gasteiger partial charge is 0.406 e. The minimum absolute atomic E-state index is 0.116. The van der Waals surface area contributed by atoms with Gasteiger partial charge in [-0.1, -0.05) is 6.07 Å². The summed E-state index contributed by atoms with van der Waals surface area (Å²) >= 11 is 1.13. The molecule has 0 spiro atoms. The molecule has 2 N–H and O–H groups in total. The van der Waals surface area contributed by atoms with Crippen molar-refractivity contribution >= 4 is 33.8 Å². The summed E-state index contributed by atoms with van der Waals surface area (Å²) in [7, 11) is 0. The lowest BCUT2D eigenvalue weighted by molar-refractivity contribution is -0.274. The number of nitrogens with one attached hydrogen (secondary N) is 2. The van der Waals surface area contributed by atoms with Crippen molar-refractivity contribution in [3.63, 3.8) is 0 Å². The van der Waals surface area contributed by atoms with E-state index >= 15 is 0 Å². The molecule has 0 aliphatic carbocycles. The van der Waals surface area contributed by atoms with Gasteiger partial charge in [0, 0.05) is 16.8 Å². The van der Waals surface area contributed by atoms with Crippen molar-refractivity contribution in [1.29, 1.82) is 0 Å². The van der Waals surface area contributed by atoms with Crippen molar-refractivity contribution in [3.05, 3.63) is 64.9 Å². The number of benzene rings is 2. The molecule has 0 saturated heterocycles. The van der Waals surface area contributed by atoms with Crippen LogP contribution in [0, 0.1) is 12.7 Å². The zero-order valence-corrected chi connectivity index (χ0v) is 15.1. The van der Waals surface area contributed by atoms with Crippen molar-refractivity contribution in [3.8, 4) is 5.75 Å². The molecule has 28 heavy (non-hydrogen) atoms. The Morgan fingerprint density at radius 3 is 2.43 bits per heavy atom. The molecule has 0 unspecified atom stereocenters. The monoisotopic (exact) mass is 411 g/mol. The van der Waals surface area contributed by atoms with Crippen LogP contribution in [0.15, 0.2) is 47.8 Å². The molecule has 1 heterocycles. The van der Waals surface area contributed by atoms with E-state index in [-0.39, 0.29) is 11.4 Å². The largest absolute Gasteiger partial charge is 0.573 e. The number of carbonyl (C=O) groups is 1. The number of carbonyl (C=O) groups excluding carboxylic acids is 1.